The Labute approximate surface area is 172 Å². The largest absolute Gasteiger partial charge is 0.497 e. The molecule has 0 unspecified atom stereocenters. The van der Waals surface area contributed by atoms with Crippen LogP contribution in [-0.4, -0.2) is 28.7 Å². The summed E-state index contributed by atoms with van der Waals surface area (Å²) in [4.78, 5) is 38.7. The highest BCUT2D eigenvalue weighted by Gasteiger charge is 2.17. The number of methoxy groups -OCH3 is 1. The molecule has 1 heterocycles. The first-order valence-corrected chi connectivity index (χ1v) is 9.56. The van der Waals surface area contributed by atoms with Crippen molar-refractivity contribution >= 4 is 28.4 Å². The number of nitrogens with zero attached hydrogens (tertiary/aromatic N) is 2. The zero-order valence-electron chi connectivity index (χ0n) is 16.4. The minimum atomic E-state index is -0.627. The number of carbonyl (C=O) groups is 1. The molecular formula is C21H22ClN3O4. The molecule has 0 aliphatic carbocycles. The van der Waals surface area contributed by atoms with Gasteiger partial charge in [0.15, 0.2) is 0 Å². The predicted molar refractivity (Wildman–Crippen MR) is 113 cm³/mol. The molecule has 3 aromatic rings. The van der Waals surface area contributed by atoms with Crippen LogP contribution in [0.1, 0.15) is 13.8 Å². The first-order valence-electron chi connectivity index (χ1n) is 9.18. The maximum Gasteiger partial charge on any atom is 0.336 e. The van der Waals surface area contributed by atoms with Crippen molar-refractivity contribution in [1.82, 2.24) is 14.5 Å². The molecule has 1 aromatic heterocycles. The van der Waals surface area contributed by atoms with Gasteiger partial charge in [0, 0.05) is 17.6 Å². The molecule has 8 heteroatoms. The van der Waals surface area contributed by atoms with Crippen molar-refractivity contribution in [3.05, 3.63) is 68.3 Å². The molecule has 0 bridgehead atoms. The van der Waals surface area contributed by atoms with Gasteiger partial charge < -0.3 is 10.1 Å². The Morgan fingerprint density at radius 3 is 2.62 bits per heavy atom. The second-order valence-electron chi connectivity index (χ2n) is 7.07. The number of nitrogens with one attached hydrogen (secondary N) is 1. The van der Waals surface area contributed by atoms with Crippen LogP contribution in [0.5, 0.6) is 5.75 Å². The molecule has 0 fully saturated rings. The number of benzene rings is 2. The highest BCUT2D eigenvalue weighted by molar-refractivity contribution is 6.31. The van der Waals surface area contributed by atoms with Gasteiger partial charge in [-0.05, 0) is 36.2 Å². The van der Waals surface area contributed by atoms with Crippen molar-refractivity contribution in [3.8, 4) is 11.4 Å². The number of fused-ring (bicyclic) bond motifs is 1. The van der Waals surface area contributed by atoms with E-state index in [0.717, 1.165) is 4.57 Å². The molecular weight excluding hydrogens is 394 g/mol. The average molecular weight is 416 g/mol. The lowest BCUT2D eigenvalue weighted by Crippen LogP contribution is -2.42. The lowest BCUT2D eigenvalue weighted by atomic mass is 10.2. The lowest BCUT2D eigenvalue weighted by molar-refractivity contribution is -0.121. The summed E-state index contributed by atoms with van der Waals surface area (Å²) in [5.74, 6) is 0.455. The molecule has 7 nitrogen and oxygen atoms in total. The molecule has 0 saturated heterocycles. The second-order valence-corrected chi connectivity index (χ2v) is 7.51. The Bertz CT molecular complexity index is 1180. The van der Waals surface area contributed by atoms with Crippen LogP contribution < -0.4 is 21.3 Å². The summed E-state index contributed by atoms with van der Waals surface area (Å²) in [5, 5.41) is 3.44. The normalized spacial score (nSPS) is 11.1. The predicted octanol–water partition coefficient (Wildman–Crippen LogP) is 2.59. The molecule has 0 radical (unpaired) electrons. The zero-order chi connectivity index (χ0) is 21.1. The molecule has 0 aliphatic rings. The quantitative estimate of drug-likeness (QED) is 0.670. The van der Waals surface area contributed by atoms with Crippen molar-refractivity contribution in [2.75, 3.05) is 13.7 Å². The Morgan fingerprint density at radius 2 is 1.93 bits per heavy atom. The van der Waals surface area contributed by atoms with Crippen LogP contribution in [0.25, 0.3) is 16.6 Å². The van der Waals surface area contributed by atoms with E-state index in [-0.39, 0.29) is 23.8 Å². The molecule has 3 rings (SSSR count). The molecule has 152 valence electrons. The Balaban J connectivity index is 2.23. The van der Waals surface area contributed by atoms with Gasteiger partial charge in [0.2, 0.25) is 5.91 Å². The van der Waals surface area contributed by atoms with Crippen molar-refractivity contribution in [2.24, 2.45) is 5.92 Å². The number of carbonyl (C=O) groups excluding carboxylic acids is 1. The molecule has 1 N–H and O–H groups in total. The van der Waals surface area contributed by atoms with Crippen LogP contribution in [0.3, 0.4) is 0 Å². The third-order valence-corrected chi connectivity index (χ3v) is 4.66. The van der Waals surface area contributed by atoms with E-state index in [1.807, 2.05) is 13.8 Å². The van der Waals surface area contributed by atoms with Crippen LogP contribution in [0.2, 0.25) is 5.02 Å². The second kappa shape index (κ2) is 8.53. The number of aromatic nitrogens is 2. The standard InChI is InChI=1S/C21H22ClN3O4/c1-13(2)11-23-19(26)12-24-18-9-14(22)7-8-17(18)20(27)25(21(24)28)15-5-4-6-16(10-15)29-3/h4-10,13H,11-12H2,1-3H3,(H,23,26). The topological polar surface area (TPSA) is 82.3 Å². The van der Waals surface area contributed by atoms with Crippen molar-refractivity contribution in [1.29, 1.82) is 0 Å². The fourth-order valence-electron chi connectivity index (χ4n) is 2.99. The molecule has 29 heavy (non-hydrogen) atoms. The number of ether oxygens (including phenoxy) is 1. The first-order chi connectivity index (χ1) is 13.8. The van der Waals surface area contributed by atoms with E-state index in [2.05, 4.69) is 5.32 Å². The maximum atomic E-state index is 13.3. The lowest BCUT2D eigenvalue weighted by Gasteiger charge is -2.15. The third kappa shape index (κ3) is 4.35. The number of rotatable bonds is 6. The van der Waals surface area contributed by atoms with Crippen LogP contribution in [0.15, 0.2) is 52.1 Å². The molecule has 1 amide bonds. The smallest absolute Gasteiger partial charge is 0.336 e. The highest BCUT2D eigenvalue weighted by atomic mass is 35.5. The van der Waals surface area contributed by atoms with Crippen molar-refractivity contribution in [2.45, 2.75) is 20.4 Å². The van der Waals surface area contributed by atoms with Crippen LogP contribution >= 0.6 is 11.6 Å². The van der Waals surface area contributed by atoms with Gasteiger partial charge in [0.25, 0.3) is 5.56 Å². The van der Waals surface area contributed by atoms with Gasteiger partial charge in [0.05, 0.1) is 23.7 Å². The van der Waals surface area contributed by atoms with E-state index in [4.69, 9.17) is 16.3 Å². The molecule has 0 saturated carbocycles. The van der Waals surface area contributed by atoms with Gasteiger partial charge in [-0.15, -0.1) is 0 Å². The molecule has 2 aromatic carbocycles. The SMILES string of the molecule is COc1cccc(-n2c(=O)c3ccc(Cl)cc3n(CC(=O)NCC(C)C)c2=O)c1. The van der Waals surface area contributed by atoms with Gasteiger partial charge in [-0.1, -0.05) is 31.5 Å². The molecule has 0 atom stereocenters. The third-order valence-electron chi connectivity index (χ3n) is 4.43. The van der Waals surface area contributed by atoms with Gasteiger partial charge in [-0.25, -0.2) is 9.36 Å². The number of hydrogen-bond acceptors (Lipinski definition) is 4. The molecule has 0 spiro atoms. The minimum absolute atomic E-state index is 0.230. The molecule has 0 aliphatic heterocycles. The number of hydrogen-bond donors (Lipinski definition) is 1. The van der Waals surface area contributed by atoms with Crippen LogP contribution in [0, 0.1) is 5.92 Å². The van der Waals surface area contributed by atoms with E-state index in [1.54, 1.807) is 36.4 Å². The maximum absolute atomic E-state index is 13.3. The number of amides is 1. The van der Waals surface area contributed by atoms with E-state index >= 15 is 0 Å². The van der Waals surface area contributed by atoms with E-state index in [0.29, 0.717) is 28.5 Å². The summed E-state index contributed by atoms with van der Waals surface area (Å²) in [6, 6.07) is 11.3. The van der Waals surface area contributed by atoms with Gasteiger partial charge in [-0.2, -0.15) is 0 Å². The Kier molecular flexibility index (Phi) is 6.08. The first kappa shape index (κ1) is 20.7. The average Bonchev–Trinajstić information content (AvgIpc) is 2.69. The van der Waals surface area contributed by atoms with Crippen molar-refractivity contribution in [3.63, 3.8) is 0 Å². The van der Waals surface area contributed by atoms with Gasteiger partial charge in [-0.3, -0.25) is 14.2 Å². The van der Waals surface area contributed by atoms with E-state index in [1.165, 1.54) is 17.7 Å². The Hall–Kier alpha value is -3.06. The van der Waals surface area contributed by atoms with E-state index < -0.39 is 11.2 Å². The van der Waals surface area contributed by atoms with Gasteiger partial charge in [0.1, 0.15) is 12.3 Å². The summed E-state index contributed by atoms with van der Waals surface area (Å²) in [6.07, 6.45) is 0. The van der Waals surface area contributed by atoms with Gasteiger partial charge >= 0.3 is 5.69 Å². The van der Waals surface area contributed by atoms with Crippen LogP contribution in [-0.2, 0) is 11.3 Å². The monoisotopic (exact) mass is 415 g/mol. The Morgan fingerprint density at radius 1 is 1.17 bits per heavy atom. The fraction of sp³-hybridized carbons (Fsp3) is 0.286. The summed E-state index contributed by atoms with van der Waals surface area (Å²) in [7, 11) is 1.50. The highest BCUT2D eigenvalue weighted by Crippen LogP contribution is 2.18. The minimum Gasteiger partial charge on any atom is -0.497 e. The summed E-state index contributed by atoms with van der Waals surface area (Å²) in [6.45, 7) is 4.21. The summed E-state index contributed by atoms with van der Waals surface area (Å²) < 4.78 is 7.50. The van der Waals surface area contributed by atoms with E-state index in [9.17, 15) is 14.4 Å². The van der Waals surface area contributed by atoms with Crippen molar-refractivity contribution < 1.29 is 9.53 Å². The zero-order valence-corrected chi connectivity index (χ0v) is 17.2. The fourth-order valence-corrected chi connectivity index (χ4v) is 3.15. The number of halogens is 1. The summed E-state index contributed by atoms with van der Waals surface area (Å²) >= 11 is 6.09. The summed E-state index contributed by atoms with van der Waals surface area (Å²) in [5.41, 5.74) is -0.453. The van der Waals surface area contributed by atoms with Crippen LogP contribution in [0.4, 0.5) is 0 Å².